The minimum Gasteiger partial charge on any atom is -0.340 e. The topological polar surface area (TPSA) is 78.8 Å². The largest absolute Gasteiger partial charge is 0.340 e. The van der Waals surface area contributed by atoms with Crippen molar-refractivity contribution in [1.82, 2.24) is 23.9 Å². The lowest BCUT2D eigenvalue weighted by Gasteiger charge is -2.38. The monoisotopic (exact) mass is 445 g/mol. The number of rotatable bonds is 5. The fraction of sp³-hybridized carbons (Fsp3) is 0.545. The highest BCUT2D eigenvalue weighted by molar-refractivity contribution is 7.89. The Kier molecular flexibility index (Phi) is 6.45. The third-order valence-electron chi connectivity index (χ3n) is 6.38. The number of amides is 1. The summed E-state index contributed by atoms with van der Waals surface area (Å²) in [5.41, 5.74) is 2.28. The summed E-state index contributed by atoms with van der Waals surface area (Å²) < 4.78 is 28.9. The van der Waals surface area contributed by atoms with E-state index in [0.717, 1.165) is 38.4 Å². The second-order valence-electron chi connectivity index (χ2n) is 8.51. The molecule has 0 aliphatic carbocycles. The summed E-state index contributed by atoms with van der Waals surface area (Å²) in [5, 5.41) is 4.40. The van der Waals surface area contributed by atoms with Crippen molar-refractivity contribution >= 4 is 15.9 Å². The summed E-state index contributed by atoms with van der Waals surface area (Å²) in [6, 6.07) is 8.52. The molecule has 0 atom stereocenters. The molecule has 9 heteroatoms. The van der Waals surface area contributed by atoms with Crippen LogP contribution in [0.15, 0.2) is 41.4 Å². The maximum atomic E-state index is 13.0. The van der Waals surface area contributed by atoms with Crippen LogP contribution in [0.5, 0.6) is 0 Å². The molecule has 2 saturated heterocycles. The molecule has 31 heavy (non-hydrogen) atoms. The summed E-state index contributed by atoms with van der Waals surface area (Å²) in [4.78, 5) is 17.7. The molecule has 2 aliphatic rings. The minimum atomic E-state index is -3.48. The van der Waals surface area contributed by atoms with Crippen molar-refractivity contribution < 1.29 is 13.2 Å². The Morgan fingerprint density at radius 3 is 2.26 bits per heavy atom. The van der Waals surface area contributed by atoms with Crippen LogP contribution in [0.4, 0.5) is 0 Å². The Hall–Kier alpha value is -2.23. The average Bonchev–Trinajstić information content (AvgIpc) is 3.11. The molecular weight excluding hydrogens is 414 g/mol. The number of aryl methyl sites for hydroxylation is 2. The van der Waals surface area contributed by atoms with Crippen LogP contribution in [0.2, 0.25) is 0 Å². The summed E-state index contributed by atoms with van der Waals surface area (Å²) in [6.07, 6.45) is 3.23. The number of carbonyl (C=O) groups is 1. The maximum absolute atomic E-state index is 13.0. The highest BCUT2D eigenvalue weighted by Crippen LogP contribution is 2.25. The molecule has 1 amide bonds. The van der Waals surface area contributed by atoms with Gasteiger partial charge in [-0.05, 0) is 31.9 Å². The van der Waals surface area contributed by atoms with E-state index in [4.69, 9.17) is 0 Å². The number of nitrogens with zero attached hydrogens (tertiary/aromatic N) is 5. The predicted octanol–water partition coefficient (Wildman–Crippen LogP) is 1.47. The van der Waals surface area contributed by atoms with Gasteiger partial charge in [0.25, 0.3) is 0 Å². The number of aromatic nitrogens is 2. The molecule has 1 aromatic carbocycles. The van der Waals surface area contributed by atoms with Gasteiger partial charge >= 0.3 is 0 Å². The molecular formula is C22H31N5O3S. The van der Waals surface area contributed by atoms with Crippen LogP contribution in [-0.4, -0.2) is 77.5 Å². The highest BCUT2D eigenvalue weighted by atomic mass is 32.2. The molecule has 168 valence electrons. The zero-order chi connectivity index (χ0) is 22.0. The number of piperidine rings is 1. The Morgan fingerprint density at radius 1 is 1.03 bits per heavy atom. The van der Waals surface area contributed by atoms with Crippen LogP contribution in [0.3, 0.4) is 0 Å². The van der Waals surface area contributed by atoms with Gasteiger partial charge in [0.05, 0.1) is 10.6 Å². The van der Waals surface area contributed by atoms with Gasteiger partial charge in [-0.2, -0.15) is 9.40 Å². The van der Waals surface area contributed by atoms with Crippen molar-refractivity contribution in [2.45, 2.75) is 31.2 Å². The van der Waals surface area contributed by atoms with Crippen LogP contribution in [0.1, 0.15) is 24.1 Å². The molecule has 2 aliphatic heterocycles. The SMILES string of the molecule is Cc1nn(C)cc1CN1CCN(C(=O)C2CCN(S(=O)(=O)c3ccccc3)CC2)CC1. The molecule has 1 aromatic heterocycles. The molecule has 0 N–H and O–H groups in total. The standard InChI is InChI=1S/C22H31N5O3S/c1-18-20(16-24(2)23-18)17-25-12-14-26(15-13-25)22(28)19-8-10-27(11-9-19)31(29,30)21-6-4-3-5-7-21/h3-7,16,19H,8-15,17H2,1-2H3. The van der Waals surface area contributed by atoms with Gasteiger partial charge in [0.15, 0.2) is 0 Å². The highest BCUT2D eigenvalue weighted by Gasteiger charge is 2.34. The van der Waals surface area contributed by atoms with E-state index < -0.39 is 10.0 Å². The second kappa shape index (κ2) is 9.10. The van der Waals surface area contributed by atoms with E-state index in [1.807, 2.05) is 29.6 Å². The van der Waals surface area contributed by atoms with Crippen molar-refractivity contribution in [3.63, 3.8) is 0 Å². The van der Waals surface area contributed by atoms with Gasteiger partial charge in [0, 0.05) is 70.5 Å². The quantitative estimate of drug-likeness (QED) is 0.697. The van der Waals surface area contributed by atoms with Gasteiger partial charge in [-0.1, -0.05) is 18.2 Å². The van der Waals surface area contributed by atoms with E-state index in [-0.39, 0.29) is 11.8 Å². The maximum Gasteiger partial charge on any atom is 0.243 e. The fourth-order valence-corrected chi connectivity index (χ4v) is 6.00. The summed E-state index contributed by atoms with van der Waals surface area (Å²) >= 11 is 0. The van der Waals surface area contributed by atoms with Crippen LogP contribution in [-0.2, 0) is 28.4 Å². The number of hydrogen-bond donors (Lipinski definition) is 0. The first-order valence-electron chi connectivity index (χ1n) is 10.9. The Balaban J connectivity index is 1.27. The number of hydrogen-bond acceptors (Lipinski definition) is 5. The molecule has 2 fully saturated rings. The van der Waals surface area contributed by atoms with Crippen molar-refractivity contribution in [2.24, 2.45) is 13.0 Å². The number of carbonyl (C=O) groups excluding carboxylic acids is 1. The van der Waals surface area contributed by atoms with Gasteiger partial charge in [-0.25, -0.2) is 8.42 Å². The van der Waals surface area contributed by atoms with E-state index in [9.17, 15) is 13.2 Å². The second-order valence-corrected chi connectivity index (χ2v) is 10.4. The zero-order valence-electron chi connectivity index (χ0n) is 18.3. The van der Waals surface area contributed by atoms with Gasteiger partial charge in [-0.15, -0.1) is 0 Å². The first kappa shape index (κ1) is 22.0. The van der Waals surface area contributed by atoms with E-state index in [1.165, 1.54) is 9.87 Å². The number of sulfonamides is 1. The van der Waals surface area contributed by atoms with Crippen LogP contribution >= 0.6 is 0 Å². The van der Waals surface area contributed by atoms with E-state index in [0.29, 0.717) is 30.8 Å². The molecule has 0 radical (unpaired) electrons. The van der Waals surface area contributed by atoms with Gasteiger partial charge in [0.1, 0.15) is 0 Å². The lowest BCUT2D eigenvalue weighted by Crippen LogP contribution is -2.51. The summed E-state index contributed by atoms with van der Waals surface area (Å²) in [7, 11) is -1.55. The van der Waals surface area contributed by atoms with Gasteiger partial charge in [-0.3, -0.25) is 14.4 Å². The van der Waals surface area contributed by atoms with Crippen LogP contribution in [0.25, 0.3) is 0 Å². The molecule has 0 bridgehead atoms. The fourth-order valence-electron chi connectivity index (χ4n) is 4.51. The van der Waals surface area contributed by atoms with Crippen molar-refractivity contribution in [2.75, 3.05) is 39.3 Å². The first-order chi connectivity index (χ1) is 14.8. The average molecular weight is 446 g/mol. The van der Waals surface area contributed by atoms with E-state index >= 15 is 0 Å². The minimum absolute atomic E-state index is 0.0886. The number of piperazine rings is 1. The molecule has 0 saturated carbocycles. The normalized spacial score (nSPS) is 19.6. The molecule has 2 aromatic rings. The molecule has 4 rings (SSSR count). The van der Waals surface area contributed by atoms with E-state index in [2.05, 4.69) is 16.2 Å². The Morgan fingerprint density at radius 2 is 1.68 bits per heavy atom. The van der Waals surface area contributed by atoms with Crippen molar-refractivity contribution in [1.29, 1.82) is 0 Å². The van der Waals surface area contributed by atoms with Crippen LogP contribution in [0, 0.1) is 12.8 Å². The zero-order valence-corrected chi connectivity index (χ0v) is 19.1. The molecule has 0 unspecified atom stereocenters. The third kappa shape index (κ3) is 4.83. The van der Waals surface area contributed by atoms with Crippen molar-refractivity contribution in [3.8, 4) is 0 Å². The van der Waals surface area contributed by atoms with Crippen molar-refractivity contribution in [3.05, 3.63) is 47.8 Å². The van der Waals surface area contributed by atoms with Crippen LogP contribution < -0.4 is 0 Å². The molecule has 0 spiro atoms. The lowest BCUT2D eigenvalue weighted by atomic mass is 9.96. The Bertz CT molecular complexity index is 1010. The lowest BCUT2D eigenvalue weighted by molar-refractivity contribution is -0.138. The summed E-state index contributed by atoms with van der Waals surface area (Å²) in [6.45, 7) is 6.82. The first-order valence-corrected chi connectivity index (χ1v) is 12.3. The third-order valence-corrected chi connectivity index (χ3v) is 8.29. The van der Waals surface area contributed by atoms with E-state index in [1.54, 1.807) is 24.3 Å². The molecule has 8 nitrogen and oxygen atoms in total. The molecule has 3 heterocycles. The predicted molar refractivity (Wildman–Crippen MR) is 118 cm³/mol. The van der Waals surface area contributed by atoms with Gasteiger partial charge in [0.2, 0.25) is 15.9 Å². The summed E-state index contributed by atoms with van der Waals surface area (Å²) in [5.74, 6) is 0.0864. The number of benzene rings is 1. The van der Waals surface area contributed by atoms with Gasteiger partial charge < -0.3 is 4.90 Å². The Labute approximate surface area is 184 Å². The smallest absolute Gasteiger partial charge is 0.243 e.